The van der Waals surface area contributed by atoms with Gasteiger partial charge in [0, 0.05) is 23.3 Å². The molecule has 2 aromatic carbocycles. The van der Waals surface area contributed by atoms with Crippen LogP contribution in [0.5, 0.6) is 11.5 Å². The Morgan fingerprint density at radius 3 is 2.53 bits per heavy atom. The molecule has 1 aromatic heterocycles. The second kappa shape index (κ2) is 10.2. The van der Waals surface area contributed by atoms with Crippen molar-refractivity contribution in [3.63, 3.8) is 0 Å². The Morgan fingerprint density at radius 2 is 1.88 bits per heavy atom. The molecule has 1 heterocycles. The molecule has 0 bridgehead atoms. The minimum absolute atomic E-state index is 0.0816. The standard InChI is InChI=1S/C22H20ClF2N3O4/c1-13-11-17(29)20(27-28(13)16-6-4-15(23)5-7-16)21(30)26-10-9-14-3-8-18(32-22(24)25)19(12-14)31-2/h3-8,11-12,22H,9-10H2,1-2H3,(H,26,30). The maximum absolute atomic E-state index is 12.6. The molecule has 10 heteroatoms. The van der Waals surface area contributed by atoms with Gasteiger partial charge in [-0.25, -0.2) is 4.68 Å². The lowest BCUT2D eigenvalue weighted by atomic mass is 10.1. The van der Waals surface area contributed by atoms with E-state index in [1.807, 2.05) is 0 Å². The normalized spacial score (nSPS) is 10.8. The lowest BCUT2D eigenvalue weighted by Crippen LogP contribution is -2.33. The number of halogens is 3. The molecule has 7 nitrogen and oxygen atoms in total. The molecule has 0 aliphatic carbocycles. The van der Waals surface area contributed by atoms with Crippen LogP contribution in [-0.2, 0) is 6.42 Å². The molecule has 0 atom stereocenters. The number of nitrogens with one attached hydrogen (secondary N) is 1. The fourth-order valence-corrected chi connectivity index (χ4v) is 3.14. The van der Waals surface area contributed by atoms with Crippen LogP contribution in [-0.4, -0.2) is 36.0 Å². The first kappa shape index (κ1) is 23.2. The number of methoxy groups -OCH3 is 1. The van der Waals surface area contributed by atoms with Gasteiger partial charge in [0.05, 0.1) is 12.8 Å². The van der Waals surface area contributed by atoms with Gasteiger partial charge in [0.25, 0.3) is 5.91 Å². The number of hydrogen-bond donors (Lipinski definition) is 1. The first-order chi connectivity index (χ1) is 15.3. The number of carbonyl (C=O) groups is 1. The van der Waals surface area contributed by atoms with Gasteiger partial charge in [-0.3, -0.25) is 9.59 Å². The third kappa shape index (κ3) is 5.61. The summed E-state index contributed by atoms with van der Waals surface area (Å²) in [6.45, 7) is -1.07. The Hall–Kier alpha value is -3.46. The Bertz CT molecular complexity index is 1170. The number of aryl methyl sites for hydroxylation is 1. The van der Waals surface area contributed by atoms with E-state index < -0.39 is 17.9 Å². The minimum Gasteiger partial charge on any atom is -0.493 e. The molecule has 0 fully saturated rings. The number of benzene rings is 2. The predicted molar refractivity (Wildman–Crippen MR) is 115 cm³/mol. The first-order valence-electron chi connectivity index (χ1n) is 9.55. The second-order valence-electron chi connectivity index (χ2n) is 6.76. The van der Waals surface area contributed by atoms with Gasteiger partial charge < -0.3 is 14.8 Å². The molecule has 168 valence electrons. The van der Waals surface area contributed by atoms with Crippen LogP contribution in [0.4, 0.5) is 8.78 Å². The Kier molecular flexibility index (Phi) is 7.42. The van der Waals surface area contributed by atoms with E-state index in [4.69, 9.17) is 16.3 Å². The molecule has 0 aliphatic rings. The third-order valence-electron chi connectivity index (χ3n) is 4.54. The third-order valence-corrected chi connectivity index (χ3v) is 4.79. The van der Waals surface area contributed by atoms with Gasteiger partial charge in [-0.05, 0) is 55.3 Å². The van der Waals surface area contributed by atoms with Crippen LogP contribution in [0.15, 0.2) is 53.3 Å². The van der Waals surface area contributed by atoms with Gasteiger partial charge in [-0.1, -0.05) is 17.7 Å². The van der Waals surface area contributed by atoms with Crippen molar-refractivity contribution in [3.8, 4) is 17.2 Å². The molecule has 0 spiro atoms. The van der Waals surface area contributed by atoms with Crippen molar-refractivity contribution in [2.24, 2.45) is 0 Å². The quantitative estimate of drug-likeness (QED) is 0.550. The Labute approximate surface area is 187 Å². The van der Waals surface area contributed by atoms with E-state index in [2.05, 4.69) is 15.2 Å². The average Bonchev–Trinajstić information content (AvgIpc) is 2.75. The monoisotopic (exact) mass is 463 g/mol. The SMILES string of the molecule is COc1cc(CCNC(=O)c2nn(-c3ccc(Cl)cc3)c(C)cc2=O)ccc1OC(F)F. The van der Waals surface area contributed by atoms with Crippen molar-refractivity contribution in [2.45, 2.75) is 20.0 Å². The smallest absolute Gasteiger partial charge is 0.387 e. The number of ether oxygens (including phenoxy) is 2. The van der Waals surface area contributed by atoms with E-state index in [9.17, 15) is 18.4 Å². The lowest BCUT2D eigenvalue weighted by molar-refractivity contribution is -0.0512. The molecule has 0 aliphatic heterocycles. The van der Waals surface area contributed by atoms with Crippen LogP contribution in [0, 0.1) is 6.92 Å². The molecule has 0 saturated carbocycles. The Balaban J connectivity index is 1.71. The molecule has 1 N–H and O–H groups in total. The molecular weight excluding hydrogens is 444 g/mol. The van der Waals surface area contributed by atoms with E-state index in [-0.39, 0.29) is 23.7 Å². The predicted octanol–water partition coefficient (Wildman–Crippen LogP) is 3.78. The highest BCUT2D eigenvalue weighted by Gasteiger charge is 2.16. The summed E-state index contributed by atoms with van der Waals surface area (Å²) >= 11 is 5.91. The van der Waals surface area contributed by atoms with Crippen molar-refractivity contribution >= 4 is 17.5 Å². The number of alkyl halides is 2. The summed E-state index contributed by atoms with van der Waals surface area (Å²) < 4.78 is 35.8. The highest BCUT2D eigenvalue weighted by atomic mass is 35.5. The second-order valence-corrected chi connectivity index (χ2v) is 7.19. The van der Waals surface area contributed by atoms with Gasteiger partial charge in [0.1, 0.15) is 0 Å². The van der Waals surface area contributed by atoms with Crippen LogP contribution in [0.1, 0.15) is 21.7 Å². The van der Waals surface area contributed by atoms with Crippen molar-refractivity contribution in [2.75, 3.05) is 13.7 Å². The summed E-state index contributed by atoms with van der Waals surface area (Å²) in [4.78, 5) is 24.9. The number of rotatable bonds is 8. The summed E-state index contributed by atoms with van der Waals surface area (Å²) in [5.74, 6) is -0.551. The lowest BCUT2D eigenvalue weighted by Gasteiger charge is -2.12. The number of amides is 1. The van der Waals surface area contributed by atoms with Crippen molar-refractivity contribution in [3.05, 3.63) is 80.7 Å². The van der Waals surface area contributed by atoms with Crippen LogP contribution in [0.25, 0.3) is 5.69 Å². The zero-order chi connectivity index (χ0) is 23.3. The fraction of sp³-hybridized carbons (Fsp3) is 0.227. The van der Waals surface area contributed by atoms with Crippen molar-refractivity contribution in [1.82, 2.24) is 15.1 Å². The number of aromatic nitrogens is 2. The van der Waals surface area contributed by atoms with E-state index in [1.165, 1.54) is 23.9 Å². The number of carbonyl (C=O) groups excluding carboxylic acids is 1. The number of nitrogens with zero attached hydrogens (tertiary/aromatic N) is 2. The molecule has 0 unspecified atom stereocenters. The van der Waals surface area contributed by atoms with Crippen LogP contribution in [0.2, 0.25) is 5.02 Å². The van der Waals surface area contributed by atoms with Gasteiger partial charge >= 0.3 is 6.61 Å². The molecule has 0 radical (unpaired) electrons. The summed E-state index contributed by atoms with van der Waals surface area (Å²) in [6.07, 6.45) is 0.369. The zero-order valence-electron chi connectivity index (χ0n) is 17.3. The number of hydrogen-bond acceptors (Lipinski definition) is 5. The minimum atomic E-state index is -2.96. The maximum atomic E-state index is 12.6. The molecule has 32 heavy (non-hydrogen) atoms. The molecule has 3 aromatic rings. The maximum Gasteiger partial charge on any atom is 0.387 e. The van der Waals surface area contributed by atoms with E-state index in [0.717, 1.165) is 5.56 Å². The summed E-state index contributed by atoms with van der Waals surface area (Å²) in [7, 11) is 1.34. The van der Waals surface area contributed by atoms with Gasteiger partial charge in [-0.15, -0.1) is 0 Å². The van der Waals surface area contributed by atoms with E-state index in [1.54, 1.807) is 43.3 Å². The van der Waals surface area contributed by atoms with Gasteiger partial charge in [0.15, 0.2) is 17.2 Å². The first-order valence-corrected chi connectivity index (χ1v) is 9.93. The topological polar surface area (TPSA) is 82.5 Å². The van der Waals surface area contributed by atoms with Gasteiger partial charge in [-0.2, -0.15) is 13.9 Å². The van der Waals surface area contributed by atoms with Crippen molar-refractivity contribution < 1.29 is 23.0 Å². The summed E-state index contributed by atoms with van der Waals surface area (Å²) in [5.41, 5.74) is 1.19. The molecule has 0 saturated heterocycles. The highest BCUT2D eigenvalue weighted by molar-refractivity contribution is 6.30. The van der Waals surface area contributed by atoms with Crippen LogP contribution >= 0.6 is 11.6 Å². The van der Waals surface area contributed by atoms with E-state index >= 15 is 0 Å². The summed E-state index contributed by atoms with van der Waals surface area (Å²) in [5, 5.41) is 7.41. The van der Waals surface area contributed by atoms with Gasteiger partial charge in [0.2, 0.25) is 5.43 Å². The largest absolute Gasteiger partial charge is 0.493 e. The molecule has 1 amide bonds. The van der Waals surface area contributed by atoms with Crippen LogP contribution in [0.3, 0.4) is 0 Å². The van der Waals surface area contributed by atoms with Crippen molar-refractivity contribution in [1.29, 1.82) is 0 Å². The highest BCUT2D eigenvalue weighted by Crippen LogP contribution is 2.29. The Morgan fingerprint density at radius 1 is 1.16 bits per heavy atom. The van der Waals surface area contributed by atoms with Crippen LogP contribution < -0.4 is 20.2 Å². The molecule has 3 rings (SSSR count). The zero-order valence-corrected chi connectivity index (χ0v) is 18.0. The fourth-order valence-electron chi connectivity index (χ4n) is 3.01. The average molecular weight is 464 g/mol. The summed E-state index contributed by atoms with van der Waals surface area (Å²) in [6, 6.07) is 12.7. The van der Waals surface area contributed by atoms with E-state index in [0.29, 0.717) is 22.8 Å². The molecular formula is C22H20ClF2N3O4.